The van der Waals surface area contributed by atoms with Crippen molar-refractivity contribution in [2.75, 3.05) is 0 Å². The van der Waals surface area contributed by atoms with E-state index < -0.39 is 11.7 Å². The first-order valence-corrected chi connectivity index (χ1v) is 4.27. The number of alkyl halides is 3. The number of aryl methyl sites for hydroxylation is 1. The summed E-state index contributed by atoms with van der Waals surface area (Å²) in [5.41, 5.74) is 0.398. The summed E-state index contributed by atoms with van der Waals surface area (Å²) in [5.74, 6) is 0. The lowest BCUT2D eigenvalue weighted by atomic mass is 10.1. The van der Waals surface area contributed by atoms with Crippen molar-refractivity contribution in [1.29, 1.82) is 0 Å². The highest BCUT2D eigenvalue weighted by atomic mass is 19.4. The molecule has 0 unspecified atom stereocenters. The SMILES string of the molecule is Cc1ncnc2ccc(C(F)(F)F)cc12. The summed E-state index contributed by atoms with van der Waals surface area (Å²) < 4.78 is 37.2. The maximum absolute atomic E-state index is 12.4. The molecule has 1 aromatic carbocycles. The zero-order valence-electron chi connectivity index (χ0n) is 7.84. The highest BCUT2D eigenvalue weighted by molar-refractivity contribution is 5.81. The lowest BCUT2D eigenvalue weighted by Crippen LogP contribution is -2.04. The highest BCUT2D eigenvalue weighted by Crippen LogP contribution is 2.31. The van der Waals surface area contributed by atoms with E-state index in [9.17, 15) is 13.2 Å². The standard InChI is InChI=1S/C10H7F3N2/c1-6-8-4-7(10(11,12)13)2-3-9(8)15-5-14-6/h2-5H,1H3. The van der Waals surface area contributed by atoms with Gasteiger partial charge in [0.15, 0.2) is 0 Å². The molecule has 5 heteroatoms. The van der Waals surface area contributed by atoms with E-state index >= 15 is 0 Å². The Morgan fingerprint density at radius 3 is 2.53 bits per heavy atom. The average Bonchev–Trinajstić information content (AvgIpc) is 2.16. The maximum atomic E-state index is 12.4. The van der Waals surface area contributed by atoms with Crippen LogP contribution in [0.4, 0.5) is 13.2 Å². The molecular formula is C10H7F3N2. The zero-order valence-corrected chi connectivity index (χ0v) is 7.84. The molecule has 0 saturated carbocycles. The van der Waals surface area contributed by atoms with Crippen LogP contribution in [0.3, 0.4) is 0 Å². The Hall–Kier alpha value is -1.65. The van der Waals surface area contributed by atoms with Gasteiger partial charge in [-0.1, -0.05) is 0 Å². The van der Waals surface area contributed by atoms with Crippen molar-refractivity contribution >= 4 is 10.9 Å². The third-order valence-electron chi connectivity index (χ3n) is 2.16. The number of hydrogen-bond donors (Lipinski definition) is 0. The van der Waals surface area contributed by atoms with Crippen LogP contribution in [0.5, 0.6) is 0 Å². The zero-order chi connectivity index (χ0) is 11.1. The fraction of sp³-hybridized carbons (Fsp3) is 0.200. The van der Waals surface area contributed by atoms with E-state index in [0.29, 0.717) is 16.6 Å². The quantitative estimate of drug-likeness (QED) is 0.670. The Kier molecular flexibility index (Phi) is 2.10. The molecule has 0 N–H and O–H groups in total. The van der Waals surface area contributed by atoms with Crippen LogP contribution >= 0.6 is 0 Å². The van der Waals surface area contributed by atoms with E-state index in [-0.39, 0.29) is 0 Å². The monoisotopic (exact) mass is 212 g/mol. The topological polar surface area (TPSA) is 25.8 Å². The molecule has 2 nitrogen and oxygen atoms in total. The van der Waals surface area contributed by atoms with Gasteiger partial charge in [-0.3, -0.25) is 0 Å². The Balaban J connectivity index is 2.70. The largest absolute Gasteiger partial charge is 0.416 e. The molecule has 0 radical (unpaired) electrons. The van der Waals surface area contributed by atoms with Gasteiger partial charge in [0.25, 0.3) is 0 Å². The van der Waals surface area contributed by atoms with Gasteiger partial charge >= 0.3 is 6.18 Å². The van der Waals surface area contributed by atoms with Crippen LogP contribution in [-0.4, -0.2) is 9.97 Å². The number of benzene rings is 1. The fourth-order valence-corrected chi connectivity index (χ4v) is 1.36. The first-order valence-electron chi connectivity index (χ1n) is 4.27. The van der Waals surface area contributed by atoms with Gasteiger partial charge in [-0.2, -0.15) is 13.2 Å². The number of fused-ring (bicyclic) bond motifs is 1. The molecular weight excluding hydrogens is 205 g/mol. The normalized spacial score (nSPS) is 12.0. The second kappa shape index (κ2) is 3.18. The van der Waals surface area contributed by atoms with Crippen molar-refractivity contribution in [3.63, 3.8) is 0 Å². The van der Waals surface area contributed by atoms with Crippen LogP contribution in [0.15, 0.2) is 24.5 Å². The summed E-state index contributed by atoms with van der Waals surface area (Å²) in [7, 11) is 0. The Bertz CT molecular complexity index is 505. The molecule has 0 aliphatic heterocycles. The molecule has 1 heterocycles. The number of nitrogens with zero attached hydrogens (tertiary/aromatic N) is 2. The van der Waals surface area contributed by atoms with Crippen molar-refractivity contribution < 1.29 is 13.2 Å². The van der Waals surface area contributed by atoms with Crippen LogP contribution in [0, 0.1) is 6.92 Å². The Morgan fingerprint density at radius 1 is 1.13 bits per heavy atom. The molecule has 1 aromatic heterocycles. The van der Waals surface area contributed by atoms with Gasteiger partial charge in [-0.25, -0.2) is 9.97 Å². The van der Waals surface area contributed by atoms with Crippen molar-refractivity contribution in [1.82, 2.24) is 9.97 Å². The number of hydrogen-bond acceptors (Lipinski definition) is 2. The minimum atomic E-state index is -4.32. The van der Waals surface area contributed by atoms with E-state index in [4.69, 9.17) is 0 Å². The van der Waals surface area contributed by atoms with Gasteiger partial charge < -0.3 is 0 Å². The first-order chi connectivity index (χ1) is 6.98. The van der Waals surface area contributed by atoms with Gasteiger partial charge in [0.05, 0.1) is 11.1 Å². The molecule has 0 amide bonds. The molecule has 0 aliphatic carbocycles. The molecule has 0 atom stereocenters. The van der Waals surface area contributed by atoms with Gasteiger partial charge in [-0.15, -0.1) is 0 Å². The summed E-state index contributed by atoms with van der Waals surface area (Å²) >= 11 is 0. The lowest BCUT2D eigenvalue weighted by molar-refractivity contribution is -0.137. The molecule has 15 heavy (non-hydrogen) atoms. The van der Waals surface area contributed by atoms with Crippen LogP contribution in [-0.2, 0) is 6.18 Å². The molecule has 2 aromatic rings. The summed E-state index contributed by atoms with van der Waals surface area (Å²) in [4.78, 5) is 7.74. The van der Waals surface area contributed by atoms with Gasteiger partial charge in [0, 0.05) is 11.1 Å². The van der Waals surface area contributed by atoms with Gasteiger partial charge in [0.1, 0.15) is 6.33 Å². The summed E-state index contributed by atoms with van der Waals surface area (Å²) in [6.07, 6.45) is -2.98. The molecule has 0 aliphatic rings. The van der Waals surface area contributed by atoms with Gasteiger partial charge in [0.2, 0.25) is 0 Å². The van der Waals surface area contributed by atoms with Crippen molar-refractivity contribution in [2.24, 2.45) is 0 Å². The summed E-state index contributed by atoms with van der Waals surface area (Å²) in [5, 5.41) is 0.437. The molecule has 0 spiro atoms. The van der Waals surface area contributed by atoms with Crippen LogP contribution in [0.1, 0.15) is 11.3 Å². The molecule has 0 fully saturated rings. The molecule has 0 bridgehead atoms. The number of halogens is 3. The summed E-state index contributed by atoms with van der Waals surface area (Å²) in [6.45, 7) is 1.66. The summed E-state index contributed by atoms with van der Waals surface area (Å²) in [6, 6.07) is 3.45. The number of aromatic nitrogens is 2. The van der Waals surface area contributed by atoms with E-state index in [1.807, 2.05) is 0 Å². The molecule has 2 rings (SSSR count). The third-order valence-corrected chi connectivity index (χ3v) is 2.16. The van der Waals surface area contributed by atoms with Crippen LogP contribution in [0.2, 0.25) is 0 Å². The Morgan fingerprint density at radius 2 is 1.87 bits per heavy atom. The smallest absolute Gasteiger partial charge is 0.241 e. The van der Waals surface area contributed by atoms with Crippen LogP contribution in [0.25, 0.3) is 10.9 Å². The van der Waals surface area contributed by atoms with E-state index in [1.165, 1.54) is 12.4 Å². The maximum Gasteiger partial charge on any atom is 0.416 e. The van der Waals surface area contributed by atoms with Crippen molar-refractivity contribution in [3.8, 4) is 0 Å². The highest BCUT2D eigenvalue weighted by Gasteiger charge is 2.30. The second-order valence-electron chi connectivity index (χ2n) is 3.19. The van der Waals surface area contributed by atoms with E-state index in [2.05, 4.69) is 9.97 Å². The second-order valence-corrected chi connectivity index (χ2v) is 3.19. The third kappa shape index (κ3) is 1.77. The average molecular weight is 212 g/mol. The molecule has 0 saturated heterocycles. The minimum Gasteiger partial charge on any atom is -0.241 e. The predicted octanol–water partition coefficient (Wildman–Crippen LogP) is 2.96. The lowest BCUT2D eigenvalue weighted by Gasteiger charge is -2.07. The fourth-order valence-electron chi connectivity index (χ4n) is 1.36. The number of rotatable bonds is 0. The van der Waals surface area contributed by atoms with Gasteiger partial charge in [-0.05, 0) is 25.1 Å². The van der Waals surface area contributed by atoms with E-state index in [0.717, 1.165) is 12.1 Å². The first kappa shape index (κ1) is 9.89. The van der Waals surface area contributed by atoms with E-state index in [1.54, 1.807) is 6.92 Å². The minimum absolute atomic E-state index is 0.437. The van der Waals surface area contributed by atoms with Crippen molar-refractivity contribution in [3.05, 3.63) is 35.8 Å². The Labute approximate surface area is 83.8 Å². The van der Waals surface area contributed by atoms with Crippen molar-refractivity contribution in [2.45, 2.75) is 13.1 Å². The van der Waals surface area contributed by atoms with Crippen LogP contribution < -0.4 is 0 Å². The molecule has 78 valence electrons. The predicted molar refractivity (Wildman–Crippen MR) is 49.3 cm³/mol.